The molecule has 4 heteroatoms. The van der Waals surface area contributed by atoms with Crippen LogP contribution in [0.2, 0.25) is 0 Å². The lowest BCUT2D eigenvalue weighted by Gasteiger charge is -2.42. The van der Waals surface area contributed by atoms with E-state index in [9.17, 15) is 8.78 Å². The predicted molar refractivity (Wildman–Crippen MR) is 68.0 cm³/mol. The van der Waals surface area contributed by atoms with Crippen molar-refractivity contribution in [1.82, 2.24) is 4.90 Å². The second-order valence-corrected chi connectivity index (χ2v) is 5.87. The lowest BCUT2D eigenvalue weighted by atomic mass is 9.79. The fourth-order valence-electron chi connectivity index (χ4n) is 2.58. The smallest absolute Gasteiger partial charge is 0.126 e. The van der Waals surface area contributed by atoms with E-state index >= 15 is 0 Å². The Kier molecular flexibility index (Phi) is 3.69. The van der Waals surface area contributed by atoms with Crippen molar-refractivity contribution in [2.75, 3.05) is 13.1 Å². The lowest BCUT2D eigenvalue weighted by molar-refractivity contribution is 0.0897. The van der Waals surface area contributed by atoms with Crippen molar-refractivity contribution < 1.29 is 8.78 Å². The molecule has 18 heavy (non-hydrogen) atoms. The normalized spacial score (nSPS) is 24.2. The van der Waals surface area contributed by atoms with E-state index in [1.54, 1.807) is 0 Å². The van der Waals surface area contributed by atoms with Crippen LogP contribution in [0.15, 0.2) is 18.2 Å². The van der Waals surface area contributed by atoms with Crippen LogP contribution in [0.3, 0.4) is 0 Å². The van der Waals surface area contributed by atoms with Crippen molar-refractivity contribution in [3.63, 3.8) is 0 Å². The number of likely N-dealkylation sites (tertiary alicyclic amines) is 1. The number of piperidine rings is 1. The Morgan fingerprint density at radius 1 is 1.28 bits per heavy atom. The first-order valence-corrected chi connectivity index (χ1v) is 6.30. The van der Waals surface area contributed by atoms with Crippen LogP contribution in [0, 0.1) is 17.0 Å². The second kappa shape index (κ2) is 4.94. The van der Waals surface area contributed by atoms with Crippen LogP contribution in [0.1, 0.15) is 25.8 Å². The van der Waals surface area contributed by atoms with Gasteiger partial charge in [0.25, 0.3) is 0 Å². The second-order valence-electron chi connectivity index (χ2n) is 5.87. The van der Waals surface area contributed by atoms with Gasteiger partial charge in [-0.3, -0.25) is 4.90 Å². The van der Waals surface area contributed by atoms with E-state index in [4.69, 9.17) is 5.73 Å². The summed E-state index contributed by atoms with van der Waals surface area (Å²) in [5, 5.41) is 0. The highest BCUT2D eigenvalue weighted by molar-refractivity contribution is 5.18. The van der Waals surface area contributed by atoms with Gasteiger partial charge in [0.2, 0.25) is 0 Å². The molecule has 1 unspecified atom stereocenters. The molecular weight excluding hydrogens is 234 g/mol. The van der Waals surface area contributed by atoms with Gasteiger partial charge in [-0.2, -0.15) is 0 Å². The number of nitrogens with two attached hydrogens (primary N) is 1. The highest BCUT2D eigenvalue weighted by Gasteiger charge is 2.33. The molecule has 1 heterocycles. The lowest BCUT2D eigenvalue weighted by Crippen LogP contribution is -2.52. The number of nitrogens with zero attached hydrogens (tertiary/aromatic N) is 1. The molecule has 1 saturated heterocycles. The quantitative estimate of drug-likeness (QED) is 0.878. The van der Waals surface area contributed by atoms with Crippen LogP contribution in [0.5, 0.6) is 0 Å². The highest BCUT2D eigenvalue weighted by Crippen LogP contribution is 2.28. The molecule has 2 rings (SSSR count). The minimum absolute atomic E-state index is 0.0458. The van der Waals surface area contributed by atoms with Crippen LogP contribution >= 0.6 is 0 Å². The summed E-state index contributed by atoms with van der Waals surface area (Å²) in [5.74, 6) is -1.03. The molecule has 0 spiro atoms. The summed E-state index contributed by atoms with van der Waals surface area (Å²) in [6.07, 6.45) is 0.921. The van der Waals surface area contributed by atoms with Crippen LogP contribution in [0.4, 0.5) is 8.78 Å². The molecule has 0 amide bonds. The number of hydrogen-bond acceptors (Lipinski definition) is 2. The van der Waals surface area contributed by atoms with Crippen LogP contribution in [-0.4, -0.2) is 24.0 Å². The molecule has 1 aromatic rings. The number of benzene rings is 1. The van der Waals surface area contributed by atoms with Gasteiger partial charge in [0.15, 0.2) is 0 Å². The van der Waals surface area contributed by atoms with Crippen molar-refractivity contribution in [3.8, 4) is 0 Å². The molecule has 1 fully saturated rings. The number of halogens is 2. The van der Waals surface area contributed by atoms with Gasteiger partial charge in [-0.15, -0.1) is 0 Å². The van der Waals surface area contributed by atoms with Crippen LogP contribution in [-0.2, 0) is 6.54 Å². The maximum atomic E-state index is 13.1. The largest absolute Gasteiger partial charge is 0.327 e. The first-order valence-electron chi connectivity index (χ1n) is 6.30. The standard InChI is InChI=1S/C14H20F2N2/c1-14(2)9-18(4-3-13(14)17)8-10-5-11(15)7-12(16)6-10/h5-7,13H,3-4,8-9,17H2,1-2H3. The summed E-state index contributed by atoms with van der Waals surface area (Å²) in [6, 6.07) is 3.88. The van der Waals surface area contributed by atoms with E-state index in [0.717, 1.165) is 25.6 Å². The van der Waals surface area contributed by atoms with Gasteiger partial charge in [0.05, 0.1) is 0 Å². The Bertz CT molecular complexity index is 412. The van der Waals surface area contributed by atoms with E-state index in [-0.39, 0.29) is 11.5 Å². The molecule has 1 aromatic carbocycles. The Balaban J connectivity index is 2.06. The van der Waals surface area contributed by atoms with E-state index in [0.29, 0.717) is 12.1 Å². The fraction of sp³-hybridized carbons (Fsp3) is 0.571. The molecule has 0 saturated carbocycles. The SMILES string of the molecule is CC1(C)CN(Cc2cc(F)cc(F)c2)CCC1N. The summed E-state index contributed by atoms with van der Waals surface area (Å²) < 4.78 is 26.2. The number of hydrogen-bond donors (Lipinski definition) is 1. The summed E-state index contributed by atoms with van der Waals surface area (Å²) in [6.45, 7) is 6.58. The highest BCUT2D eigenvalue weighted by atomic mass is 19.1. The van der Waals surface area contributed by atoms with Crippen molar-refractivity contribution in [1.29, 1.82) is 0 Å². The molecule has 2 N–H and O–H groups in total. The van der Waals surface area contributed by atoms with Gasteiger partial charge in [0, 0.05) is 31.7 Å². The van der Waals surface area contributed by atoms with Crippen LogP contribution in [0.25, 0.3) is 0 Å². The minimum atomic E-state index is -0.516. The van der Waals surface area contributed by atoms with Crippen molar-refractivity contribution in [3.05, 3.63) is 35.4 Å². The topological polar surface area (TPSA) is 29.3 Å². The molecule has 0 aliphatic carbocycles. The average Bonchev–Trinajstić information content (AvgIpc) is 2.21. The Morgan fingerprint density at radius 3 is 2.44 bits per heavy atom. The molecular formula is C14H20F2N2. The molecule has 0 radical (unpaired) electrons. The maximum absolute atomic E-state index is 13.1. The van der Waals surface area contributed by atoms with Gasteiger partial charge in [-0.05, 0) is 29.5 Å². The summed E-state index contributed by atoms with van der Waals surface area (Å²) in [7, 11) is 0. The van der Waals surface area contributed by atoms with Gasteiger partial charge in [0.1, 0.15) is 11.6 Å². The number of rotatable bonds is 2. The third-order valence-corrected chi connectivity index (χ3v) is 3.72. The molecule has 1 atom stereocenters. The van der Waals surface area contributed by atoms with E-state index in [1.807, 2.05) is 0 Å². The van der Waals surface area contributed by atoms with Gasteiger partial charge in [-0.25, -0.2) is 8.78 Å². The van der Waals surface area contributed by atoms with Crippen LogP contribution < -0.4 is 5.73 Å². The van der Waals surface area contributed by atoms with Gasteiger partial charge < -0.3 is 5.73 Å². The molecule has 0 bridgehead atoms. The molecule has 0 aromatic heterocycles. The molecule has 1 aliphatic heterocycles. The van der Waals surface area contributed by atoms with Gasteiger partial charge >= 0.3 is 0 Å². The summed E-state index contributed by atoms with van der Waals surface area (Å²) in [5.41, 5.74) is 6.79. The fourth-order valence-corrected chi connectivity index (χ4v) is 2.58. The van der Waals surface area contributed by atoms with Gasteiger partial charge in [-0.1, -0.05) is 13.8 Å². The average molecular weight is 254 g/mol. The molecule has 2 nitrogen and oxygen atoms in total. The van der Waals surface area contributed by atoms with E-state index in [2.05, 4.69) is 18.7 Å². The Hall–Kier alpha value is -1.00. The predicted octanol–water partition coefficient (Wildman–Crippen LogP) is 2.52. The van der Waals surface area contributed by atoms with E-state index < -0.39 is 11.6 Å². The zero-order chi connectivity index (χ0) is 13.3. The third kappa shape index (κ3) is 3.06. The first kappa shape index (κ1) is 13.4. The molecule has 100 valence electrons. The van der Waals surface area contributed by atoms with Crippen molar-refractivity contribution >= 4 is 0 Å². The van der Waals surface area contributed by atoms with Crippen molar-refractivity contribution in [2.45, 2.75) is 32.9 Å². The zero-order valence-electron chi connectivity index (χ0n) is 10.9. The minimum Gasteiger partial charge on any atom is -0.327 e. The Labute approximate surface area is 107 Å². The summed E-state index contributed by atoms with van der Waals surface area (Å²) >= 11 is 0. The molecule has 1 aliphatic rings. The van der Waals surface area contributed by atoms with Crippen molar-refractivity contribution in [2.24, 2.45) is 11.1 Å². The zero-order valence-corrected chi connectivity index (χ0v) is 10.9. The third-order valence-electron chi connectivity index (χ3n) is 3.72. The monoisotopic (exact) mass is 254 g/mol. The van der Waals surface area contributed by atoms with E-state index in [1.165, 1.54) is 12.1 Å². The maximum Gasteiger partial charge on any atom is 0.126 e. The first-order chi connectivity index (χ1) is 8.37. The Morgan fingerprint density at radius 2 is 1.89 bits per heavy atom. The summed E-state index contributed by atoms with van der Waals surface area (Å²) in [4.78, 5) is 2.21.